The maximum atomic E-state index is 13.3. The van der Waals surface area contributed by atoms with Gasteiger partial charge >= 0.3 is 12.1 Å². The Balaban J connectivity index is 1.54. The lowest BCUT2D eigenvalue weighted by Crippen LogP contribution is -2.38. The summed E-state index contributed by atoms with van der Waals surface area (Å²) in [5.41, 5.74) is 2.29. The van der Waals surface area contributed by atoms with Crippen molar-refractivity contribution in [1.82, 2.24) is 14.5 Å². The molecule has 0 spiro atoms. The number of nitrogens with zero attached hydrogens (tertiary/aromatic N) is 4. The van der Waals surface area contributed by atoms with Gasteiger partial charge in [-0.1, -0.05) is 28.7 Å². The molecule has 0 radical (unpaired) electrons. The van der Waals surface area contributed by atoms with Gasteiger partial charge in [0.2, 0.25) is 5.13 Å². The quantitative estimate of drug-likeness (QED) is 0.267. The zero-order valence-corrected chi connectivity index (χ0v) is 20.2. The maximum Gasteiger partial charge on any atom is 0.493 e. The molecule has 0 unspecified atom stereocenters. The predicted molar refractivity (Wildman–Crippen MR) is 130 cm³/mol. The third kappa shape index (κ3) is 4.78. The minimum atomic E-state index is -5.41. The van der Waals surface area contributed by atoms with E-state index in [1.54, 1.807) is 6.07 Å². The van der Waals surface area contributed by atoms with E-state index in [-0.39, 0.29) is 4.47 Å². The smallest absolute Gasteiger partial charge is 0.323 e. The highest BCUT2D eigenvalue weighted by Crippen LogP contribution is 2.32. The molecule has 13 heteroatoms. The molecule has 0 saturated heterocycles. The van der Waals surface area contributed by atoms with Crippen LogP contribution in [0.15, 0.2) is 95.7 Å². The van der Waals surface area contributed by atoms with Gasteiger partial charge in [-0.25, -0.2) is 9.78 Å². The number of thiazole rings is 1. The lowest BCUT2D eigenvalue weighted by atomic mass is 10.1. The molecule has 8 nitrogen and oxygen atoms in total. The minimum Gasteiger partial charge on any atom is -0.323 e. The number of fused-ring (bicyclic) bond motifs is 1. The molecule has 0 aliphatic heterocycles. The van der Waals surface area contributed by atoms with E-state index >= 15 is 0 Å². The Morgan fingerprint density at radius 1 is 1.00 bits per heavy atom. The second kappa shape index (κ2) is 9.33. The lowest BCUT2D eigenvalue weighted by Gasteiger charge is -2.20. The molecule has 0 saturated carbocycles. The van der Waals surface area contributed by atoms with Crippen LogP contribution in [0.1, 0.15) is 0 Å². The molecule has 5 rings (SSSR count). The van der Waals surface area contributed by atoms with Crippen molar-refractivity contribution in [3.63, 3.8) is 0 Å². The molecule has 0 amide bonds. The summed E-state index contributed by atoms with van der Waals surface area (Å²) in [6.45, 7) is 0. The molecule has 188 valence electrons. The van der Waals surface area contributed by atoms with Crippen LogP contribution in [-0.4, -0.2) is 35.1 Å². The third-order valence-corrected chi connectivity index (χ3v) is 7.63. The van der Waals surface area contributed by atoms with Gasteiger partial charge in [-0.15, -0.1) is 11.3 Å². The number of hydrogen-bond acceptors (Lipinski definition) is 7. The van der Waals surface area contributed by atoms with Gasteiger partial charge in [-0.2, -0.15) is 21.6 Å². The third-order valence-electron chi connectivity index (χ3n) is 5.25. The SMILES string of the molecule is O=C(ON(c1nccs1)S(=O)(=O)c1ccc2c(-c3ccn(-c4ccccc4)c3)nccc2c1)C(F)(F)F. The number of carbonyl (C=O) groups excluding carboxylic acids is 1. The molecule has 0 aliphatic rings. The Labute approximate surface area is 212 Å². The summed E-state index contributed by atoms with van der Waals surface area (Å²) in [7, 11) is -4.77. The second-order valence-electron chi connectivity index (χ2n) is 7.61. The molecule has 0 atom stereocenters. The number of carbonyl (C=O) groups is 1. The maximum absolute atomic E-state index is 13.3. The molecule has 37 heavy (non-hydrogen) atoms. The molecule has 0 N–H and O–H groups in total. The van der Waals surface area contributed by atoms with E-state index in [1.165, 1.54) is 36.0 Å². The van der Waals surface area contributed by atoms with Crippen molar-refractivity contribution in [1.29, 1.82) is 0 Å². The monoisotopic (exact) mass is 544 g/mol. The van der Waals surface area contributed by atoms with Crippen molar-refractivity contribution in [2.24, 2.45) is 0 Å². The van der Waals surface area contributed by atoms with E-state index in [1.807, 2.05) is 53.4 Å². The van der Waals surface area contributed by atoms with Crippen LogP contribution in [0.3, 0.4) is 0 Å². The minimum absolute atomic E-state index is 0.114. The largest absolute Gasteiger partial charge is 0.493 e. The molecule has 2 aromatic carbocycles. The average molecular weight is 545 g/mol. The number of pyridine rings is 1. The molecule has 0 bridgehead atoms. The van der Waals surface area contributed by atoms with Crippen LogP contribution in [0.4, 0.5) is 18.3 Å². The fourth-order valence-corrected chi connectivity index (χ4v) is 5.60. The Morgan fingerprint density at radius 2 is 1.78 bits per heavy atom. The highest BCUT2D eigenvalue weighted by atomic mass is 32.2. The average Bonchev–Trinajstić information content (AvgIpc) is 3.59. The first-order valence-corrected chi connectivity index (χ1v) is 12.8. The first-order chi connectivity index (χ1) is 17.6. The molecule has 3 aromatic heterocycles. The fourth-order valence-electron chi connectivity index (χ4n) is 3.56. The van der Waals surface area contributed by atoms with Gasteiger partial charge in [0.05, 0.1) is 10.6 Å². The number of sulfonamides is 1. The van der Waals surface area contributed by atoms with Gasteiger partial charge < -0.3 is 9.40 Å². The van der Waals surface area contributed by atoms with E-state index in [9.17, 15) is 26.4 Å². The van der Waals surface area contributed by atoms with Crippen molar-refractivity contribution in [3.8, 4) is 16.9 Å². The Kier molecular flexibility index (Phi) is 6.17. The number of para-hydroxylation sites is 1. The van der Waals surface area contributed by atoms with Gasteiger partial charge in [-0.05, 0) is 41.8 Å². The number of alkyl halides is 3. The van der Waals surface area contributed by atoms with Crippen molar-refractivity contribution in [3.05, 3.63) is 90.8 Å². The van der Waals surface area contributed by atoms with E-state index in [0.717, 1.165) is 11.3 Å². The van der Waals surface area contributed by atoms with Gasteiger partial charge in [0.1, 0.15) is 0 Å². The standard InChI is InChI=1S/C24H15F3N4O4S2/c25-24(26,27)22(32)35-31(23-29-11-13-36-23)37(33,34)19-6-7-20-16(14-19)8-10-28-21(20)17-9-12-30(15-17)18-4-2-1-3-5-18/h1-15H. The summed E-state index contributed by atoms with van der Waals surface area (Å²) in [4.78, 5) is 23.5. The van der Waals surface area contributed by atoms with E-state index in [4.69, 9.17) is 0 Å². The number of benzene rings is 2. The Bertz CT molecular complexity index is 1690. The summed E-state index contributed by atoms with van der Waals surface area (Å²) in [6, 6.07) is 17.0. The van der Waals surface area contributed by atoms with E-state index in [0.29, 0.717) is 27.8 Å². The van der Waals surface area contributed by atoms with Gasteiger partial charge in [0.25, 0.3) is 10.0 Å². The van der Waals surface area contributed by atoms with Gasteiger partial charge in [-0.3, -0.25) is 4.98 Å². The number of rotatable bonds is 6. The summed E-state index contributed by atoms with van der Waals surface area (Å²) in [5, 5.41) is 1.94. The van der Waals surface area contributed by atoms with Gasteiger partial charge in [0, 0.05) is 46.8 Å². The summed E-state index contributed by atoms with van der Waals surface area (Å²) in [6.07, 6.45) is 0.999. The first-order valence-electron chi connectivity index (χ1n) is 10.5. The lowest BCUT2D eigenvalue weighted by molar-refractivity contribution is -0.199. The molecular weight excluding hydrogens is 529 g/mol. The highest BCUT2D eigenvalue weighted by Gasteiger charge is 2.45. The Morgan fingerprint density at radius 3 is 2.49 bits per heavy atom. The fraction of sp³-hybridized carbons (Fsp3) is 0.0417. The molecule has 0 fully saturated rings. The number of anilines is 1. The van der Waals surface area contributed by atoms with Crippen LogP contribution in [-0.2, 0) is 19.7 Å². The van der Waals surface area contributed by atoms with E-state index in [2.05, 4.69) is 14.8 Å². The van der Waals surface area contributed by atoms with Crippen LogP contribution in [0.5, 0.6) is 0 Å². The van der Waals surface area contributed by atoms with Crippen molar-refractivity contribution < 1.29 is 31.2 Å². The topological polar surface area (TPSA) is 94.4 Å². The van der Waals surface area contributed by atoms with Crippen LogP contribution < -0.4 is 4.47 Å². The Hall–Kier alpha value is -4.23. The summed E-state index contributed by atoms with van der Waals surface area (Å²) < 4.78 is 66.9. The molecule has 3 heterocycles. The summed E-state index contributed by atoms with van der Waals surface area (Å²) in [5.74, 6) is -2.69. The molecule has 5 aromatic rings. The van der Waals surface area contributed by atoms with E-state index < -0.39 is 32.2 Å². The summed E-state index contributed by atoms with van der Waals surface area (Å²) >= 11 is 0.688. The van der Waals surface area contributed by atoms with Gasteiger partial charge in [0.15, 0.2) is 0 Å². The zero-order chi connectivity index (χ0) is 26.2. The highest BCUT2D eigenvalue weighted by molar-refractivity contribution is 7.92. The second-order valence-corrected chi connectivity index (χ2v) is 10.2. The van der Waals surface area contributed by atoms with Crippen LogP contribution in [0.25, 0.3) is 27.7 Å². The van der Waals surface area contributed by atoms with Crippen molar-refractivity contribution >= 4 is 43.2 Å². The van der Waals surface area contributed by atoms with Crippen molar-refractivity contribution in [2.45, 2.75) is 11.1 Å². The van der Waals surface area contributed by atoms with Crippen molar-refractivity contribution in [2.75, 3.05) is 4.47 Å². The van der Waals surface area contributed by atoms with Crippen LogP contribution >= 0.6 is 11.3 Å². The molecule has 0 aliphatic carbocycles. The van der Waals surface area contributed by atoms with Crippen LogP contribution in [0.2, 0.25) is 0 Å². The van der Waals surface area contributed by atoms with Crippen LogP contribution in [0, 0.1) is 0 Å². The number of aromatic nitrogens is 3. The molecular formula is C24H15F3N4O4S2. The normalized spacial score (nSPS) is 12.0. The predicted octanol–water partition coefficient (Wildman–Crippen LogP) is 5.36. The first kappa shape index (κ1) is 24.5. The zero-order valence-electron chi connectivity index (χ0n) is 18.5. The number of halogens is 3. The number of hydrogen-bond donors (Lipinski definition) is 0.